The van der Waals surface area contributed by atoms with Crippen molar-refractivity contribution in [2.45, 2.75) is 6.92 Å². The average Bonchev–Trinajstić information content (AvgIpc) is 2.31. The van der Waals surface area contributed by atoms with Crippen LogP contribution in [0.5, 0.6) is 0 Å². The molecule has 0 bridgehead atoms. The number of nitrogens with one attached hydrogen (secondary N) is 1. The van der Waals surface area contributed by atoms with E-state index in [0.717, 1.165) is 11.6 Å². The van der Waals surface area contributed by atoms with Gasteiger partial charge in [-0.05, 0) is 30.7 Å². The molecule has 2 rings (SSSR count). The highest BCUT2D eigenvalue weighted by Crippen LogP contribution is 2.25. The number of nitrogen functional groups attached to an aromatic ring is 1. The maximum absolute atomic E-state index is 13.4. The van der Waals surface area contributed by atoms with Gasteiger partial charge in [-0.2, -0.15) is 0 Å². The van der Waals surface area contributed by atoms with E-state index in [1.807, 2.05) is 6.92 Å². The largest absolute Gasteiger partial charge is 0.396 e. The van der Waals surface area contributed by atoms with Gasteiger partial charge in [0.05, 0.1) is 11.4 Å². The summed E-state index contributed by atoms with van der Waals surface area (Å²) >= 11 is 0. The quantitative estimate of drug-likeness (QED) is 0.841. The van der Waals surface area contributed by atoms with Crippen LogP contribution in [0.2, 0.25) is 0 Å². The topological polar surface area (TPSA) is 50.9 Å². The zero-order valence-electron chi connectivity index (χ0n) is 9.17. The van der Waals surface area contributed by atoms with E-state index in [1.165, 1.54) is 12.1 Å². The second-order valence-corrected chi connectivity index (χ2v) is 3.62. The molecule has 0 saturated heterocycles. The van der Waals surface area contributed by atoms with Crippen LogP contribution in [-0.2, 0) is 0 Å². The van der Waals surface area contributed by atoms with Crippen molar-refractivity contribution in [1.82, 2.24) is 4.98 Å². The van der Waals surface area contributed by atoms with Gasteiger partial charge in [0, 0.05) is 6.20 Å². The second-order valence-electron chi connectivity index (χ2n) is 3.62. The Bertz CT molecular complexity index is 506. The van der Waals surface area contributed by atoms with Crippen LogP contribution in [0.15, 0.2) is 30.5 Å². The number of rotatable bonds is 2. The highest BCUT2D eigenvalue weighted by Gasteiger charge is 2.10. The summed E-state index contributed by atoms with van der Waals surface area (Å²) in [6.45, 7) is 1.81. The summed E-state index contributed by atoms with van der Waals surface area (Å²) < 4.78 is 26.4. The van der Waals surface area contributed by atoms with Crippen molar-refractivity contribution in [3.63, 3.8) is 0 Å². The maximum Gasteiger partial charge on any atom is 0.182 e. The molecule has 1 heterocycles. The summed E-state index contributed by atoms with van der Waals surface area (Å²) in [5, 5.41) is 2.67. The van der Waals surface area contributed by atoms with E-state index < -0.39 is 11.6 Å². The molecule has 0 aliphatic carbocycles. The molecule has 0 aliphatic heterocycles. The zero-order chi connectivity index (χ0) is 12.4. The van der Waals surface area contributed by atoms with E-state index >= 15 is 0 Å². The zero-order valence-corrected chi connectivity index (χ0v) is 9.17. The molecule has 3 N–H and O–H groups in total. The third-order valence-electron chi connectivity index (χ3n) is 2.41. The van der Waals surface area contributed by atoms with E-state index in [1.54, 1.807) is 12.3 Å². The van der Waals surface area contributed by atoms with Crippen molar-refractivity contribution in [3.05, 3.63) is 47.7 Å². The summed E-state index contributed by atoms with van der Waals surface area (Å²) in [5.41, 5.74) is 7.02. The molecule has 88 valence electrons. The third-order valence-corrected chi connectivity index (χ3v) is 2.41. The lowest BCUT2D eigenvalue weighted by molar-refractivity contribution is 0.511. The smallest absolute Gasteiger partial charge is 0.182 e. The summed E-state index contributed by atoms with van der Waals surface area (Å²) in [6, 6.07) is 5.62. The molecule has 0 fully saturated rings. The molecular weight excluding hydrogens is 224 g/mol. The minimum atomic E-state index is -0.949. The molecule has 2 aromatic rings. The summed E-state index contributed by atoms with van der Waals surface area (Å²) in [6.07, 6.45) is 1.55. The Kier molecular flexibility index (Phi) is 2.91. The van der Waals surface area contributed by atoms with E-state index in [-0.39, 0.29) is 5.69 Å². The molecule has 3 nitrogen and oxygen atoms in total. The molecule has 0 saturated carbocycles. The third kappa shape index (κ3) is 2.18. The van der Waals surface area contributed by atoms with Gasteiger partial charge in [-0.15, -0.1) is 0 Å². The van der Waals surface area contributed by atoms with Crippen LogP contribution in [0.4, 0.5) is 26.0 Å². The number of benzene rings is 1. The van der Waals surface area contributed by atoms with E-state index in [0.29, 0.717) is 11.5 Å². The van der Waals surface area contributed by atoms with E-state index in [4.69, 9.17) is 5.73 Å². The molecule has 0 amide bonds. The summed E-state index contributed by atoms with van der Waals surface area (Å²) in [4.78, 5) is 3.98. The lowest BCUT2D eigenvalue weighted by Crippen LogP contribution is -2.02. The van der Waals surface area contributed by atoms with Crippen molar-refractivity contribution in [1.29, 1.82) is 0 Å². The minimum absolute atomic E-state index is 0.00907. The first-order valence-electron chi connectivity index (χ1n) is 5.01. The summed E-state index contributed by atoms with van der Waals surface area (Å²) in [7, 11) is 0. The van der Waals surface area contributed by atoms with Gasteiger partial charge in [-0.1, -0.05) is 6.07 Å². The number of halogens is 2. The van der Waals surface area contributed by atoms with Gasteiger partial charge in [0.1, 0.15) is 0 Å². The number of pyridine rings is 1. The molecule has 0 spiro atoms. The van der Waals surface area contributed by atoms with Crippen molar-refractivity contribution < 1.29 is 8.78 Å². The number of aryl methyl sites for hydroxylation is 1. The first-order valence-corrected chi connectivity index (χ1v) is 5.01. The fourth-order valence-corrected chi connectivity index (χ4v) is 1.40. The number of hydrogen-bond donors (Lipinski definition) is 2. The Morgan fingerprint density at radius 1 is 1.24 bits per heavy atom. The van der Waals surface area contributed by atoms with E-state index in [9.17, 15) is 8.78 Å². The standard InChI is InChI=1S/C12H11F2N3/c1-7-5-6-16-12(11(7)15)17-9-4-2-3-8(13)10(9)14/h2-6H,15H2,1H3,(H,16,17). The molecule has 0 radical (unpaired) electrons. The Hall–Kier alpha value is -2.17. The van der Waals surface area contributed by atoms with Crippen LogP contribution in [-0.4, -0.2) is 4.98 Å². The van der Waals surface area contributed by atoms with Crippen LogP contribution in [0.3, 0.4) is 0 Å². The van der Waals surface area contributed by atoms with E-state index in [2.05, 4.69) is 10.3 Å². The average molecular weight is 235 g/mol. The normalized spacial score (nSPS) is 10.3. The number of nitrogens with two attached hydrogens (primary N) is 1. The Morgan fingerprint density at radius 3 is 2.76 bits per heavy atom. The molecule has 0 unspecified atom stereocenters. The van der Waals surface area contributed by atoms with Crippen molar-refractivity contribution in [2.75, 3.05) is 11.1 Å². The van der Waals surface area contributed by atoms with Gasteiger partial charge in [0.2, 0.25) is 0 Å². The van der Waals surface area contributed by atoms with Gasteiger partial charge in [-0.25, -0.2) is 13.8 Å². The number of anilines is 3. The van der Waals surface area contributed by atoms with Gasteiger partial charge >= 0.3 is 0 Å². The van der Waals surface area contributed by atoms with Gasteiger partial charge < -0.3 is 11.1 Å². The number of nitrogens with zero attached hydrogens (tertiary/aromatic N) is 1. The van der Waals surface area contributed by atoms with Gasteiger partial charge in [0.25, 0.3) is 0 Å². The predicted octanol–water partition coefficient (Wildman–Crippen LogP) is 2.99. The fourth-order valence-electron chi connectivity index (χ4n) is 1.40. The van der Waals surface area contributed by atoms with Crippen molar-refractivity contribution in [3.8, 4) is 0 Å². The van der Waals surface area contributed by atoms with Crippen LogP contribution in [0.1, 0.15) is 5.56 Å². The minimum Gasteiger partial charge on any atom is -0.396 e. The fraction of sp³-hybridized carbons (Fsp3) is 0.0833. The van der Waals surface area contributed by atoms with Crippen LogP contribution in [0, 0.1) is 18.6 Å². The van der Waals surface area contributed by atoms with Crippen LogP contribution >= 0.6 is 0 Å². The molecule has 1 aromatic heterocycles. The monoisotopic (exact) mass is 235 g/mol. The lowest BCUT2D eigenvalue weighted by atomic mass is 10.2. The molecule has 0 atom stereocenters. The van der Waals surface area contributed by atoms with Crippen LogP contribution in [0.25, 0.3) is 0 Å². The predicted molar refractivity (Wildman–Crippen MR) is 63.0 cm³/mol. The lowest BCUT2D eigenvalue weighted by Gasteiger charge is -2.10. The molecular formula is C12H11F2N3. The molecule has 5 heteroatoms. The van der Waals surface area contributed by atoms with Crippen LogP contribution < -0.4 is 11.1 Å². The van der Waals surface area contributed by atoms with Crippen molar-refractivity contribution >= 4 is 17.2 Å². The number of hydrogen-bond acceptors (Lipinski definition) is 3. The molecule has 1 aromatic carbocycles. The van der Waals surface area contributed by atoms with Crippen molar-refractivity contribution in [2.24, 2.45) is 0 Å². The van der Waals surface area contributed by atoms with Gasteiger partial charge in [0.15, 0.2) is 17.5 Å². The first kappa shape index (κ1) is 11.3. The highest BCUT2D eigenvalue weighted by atomic mass is 19.2. The summed E-state index contributed by atoms with van der Waals surface area (Å²) in [5.74, 6) is -1.55. The highest BCUT2D eigenvalue weighted by molar-refractivity contribution is 5.71. The molecule has 0 aliphatic rings. The number of aromatic nitrogens is 1. The second kappa shape index (κ2) is 4.37. The Labute approximate surface area is 97.3 Å². The Morgan fingerprint density at radius 2 is 2.00 bits per heavy atom. The Balaban J connectivity index is 2.38. The SMILES string of the molecule is Cc1ccnc(Nc2cccc(F)c2F)c1N. The first-order chi connectivity index (χ1) is 8.09. The van der Waals surface area contributed by atoms with Gasteiger partial charge in [-0.3, -0.25) is 0 Å². The molecule has 17 heavy (non-hydrogen) atoms. The maximum atomic E-state index is 13.4.